The zero-order valence-corrected chi connectivity index (χ0v) is 29.4. The van der Waals surface area contributed by atoms with Crippen molar-refractivity contribution < 1.29 is 29.3 Å². The highest BCUT2D eigenvalue weighted by atomic mass is 16.6. The topological polar surface area (TPSA) is 159 Å². The number of carbonyl (C=O) groups is 2. The molecule has 6 aromatic carbocycles. The first-order chi connectivity index (χ1) is 26.2. The second kappa shape index (κ2) is 15.3. The van der Waals surface area contributed by atoms with Gasteiger partial charge < -0.3 is 19.7 Å². The number of esters is 2. The molecule has 7 aromatic rings. The molecule has 54 heavy (non-hydrogen) atoms. The summed E-state index contributed by atoms with van der Waals surface area (Å²) in [5.74, 6) is -1.55. The zero-order chi connectivity index (χ0) is 37.9. The Morgan fingerprint density at radius 3 is 1.17 bits per heavy atom. The molecular weight excluding hydrogens is 690 g/mol. The maximum atomic E-state index is 13.9. The Balaban J connectivity index is 1.21. The van der Waals surface area contributed by atoms with Crippen LogP contribution in [0.25, 0.3) is 43.1 Å². The van der Waals surface area contributed by atoms with Crippen LogP contribution in [0, 0.1) is 0 Å². The van der Waals surface area contributed by atoms with Gasteiger partial charge in [0.1, 0.15) is 12.2 Å². The molecule has 12 nitrogen and oxygen atoms in total. The van der Waals surface area contributed by atoms with Crippen molar-refractivity contribution in [3.63, 3.8) is 0 Å². The van der Waals surface area contributed by atoms with Crippen LogP contribution in [-0.2, 0) is 29.1 Å². The lowest BCUT2D eigenvalue weighted by atomic mass is 9.97. The summed E-state index contributed by atoms with van der Waals surface area (Å²) in [6.45, 7) is -0.983. The SMILES string of the molecule is CCCn1c(=O)n(CC(CO)OC(=O)c2c3ccccc3cc3ccccc23)c(=O)n(CC(CO)OC(=O)c2c3ccccc3cc3ccccc23)c1=O. The van der Waals surface area contributed by atoms with E-state index in [1.54, 1.807) is 55.5 Å². The largest absolute Gasteiger partial charge is 0.454 e. The third kappa shape index (κ3) is 6.68. The fourth-order valence-electron chi connectivity index (χ4n) is 6.97. The number of nitrogens with zero attached hydrogens (tertiary/aromatic N) is 3. The van der Waals surface area contributed by atoms with Gasteiger partial charge in [0.05, 0.1) is 37.4 Å². The van der Waals surface area contributed by atoms with Crippen molar-refractivity contribution in [1.82, 2.24) is 13.7 Å². The number of hydrogen-bond acceptors (Lipinski definition) is 9. The van der Waals surface area contributed by atoms with Gasteiger partial charge in [-0.15, -0.1) is 0 Å². The van der Waals surface area contributed by atoms with E-state index in [1.807, 2.05) is 60.7 Å². The predicted octanol–water partition coefficient (Wildman–Crippen LogP) is 4.63. The summed E-state index contributed by atoms with van der Waals surface area (Å²) in [5.41, 5.74) is -2.50. The number of fused-ring (bicyclic) bond motifs is 4. The van der Waals surface area contributed by atoms with Crippen LogP contribution >= 0.6 is 0 Å². The van der Waals surface area contributed by atoms with Crippen LogP contribution < -0.4 is 17.1 Å². The first-order valence-electron chi connectivity index (χ1n) is 17.6. The first kappa shape index (κ1) is 36.0. The minimum atomic E-state index is -1.37. The van der Waals surface area contributed by atoms with E-state index in [-0.39, 0.29) is 17.7 Å². The van der Waals surface area contributed by atoms with Crippen molar-refractivity contribution in [2.75, 3.05) is 13.2 Å². The van der Waals surface area contributed by atoms with Crippen LogP contribution in [0.15, 0.2) is 124 Å². The number of aromatic nitrogens is 3. The number of hydrogen-bond donors (Lipinski definition) is 2. The number of aliphatic hydroxyl groups excluding tert-OH is 2. The number of benzene rings is 6. The van der Waals surface area contributed by atoms with Crippen molar-refractivity contribution in [2.24, 2.45) is 0 Å². The summed E-state index contributed by atoms with van der Waals surface area (Å²) in [6, 6.07) is 33.0. The molecule has 0 aliphatic carbocycles. The fourth-order valence-corrected chi connectivity index (χ4v) is 6.97. The van der Waals surface area contributed by atoms with Gasteiger partial charge >= 0.3 is 29.0 Å². The molecule has 0 radical (unpaired) electrons. The van der Waals surface area contributed by atoms with Crippen molar-refractivity contribution >= 4 is 55.0 Å². The second-order valence-electron chi connectivity index (χ2n) is 13.0. The summed E-state index contributed by atoms with van der Waals surface area (Å²) >= 11 is 0. The Hall–Kier alpha value is -6.37. The van der Waals surface area contributed by atoms with E-state index in [4.69, 9.17) is 9.47 Å². The van der Waals surface area contributed by atoms with Gasteiger partial charge in [0.25, 0.3) is 0 Å². The van der Waals surface area contributed by atoms with E-state index in [0.717, 1.165) is 26.1 Å². The molecule has 7 rings (SSSR count). The maximum absolute atomic E-state index is 13.9. The highest BCUT2D eigenvalue weighted by molar-refractivity contribution is 6.17. The average Bonchev–Trinajstić information content (AvgIpc) is 3.19. The standard InChI is InChI=1S/C42H37N3O9/c1-2-19-43-40(50)44(22-30(24-46)53-38(48)36-32-15-7-3-11-26(32)20-27-12-4-8-16-33(27)36)42(52)45(41(43)51)23-31(25-47)54-39(49)37-34-17-9-5-13-28(34)21-29-14-6-10-18-35(29)37/h3-18,20-21,30-31,46-47H,2,19,22-25H2,1H3. The Morgan fingerprint density at radius 2 is 0.852 bits per heavy atom. The smallest absolute Gasteiger partial charge is 0.339 e. The molecule has 0 bridgehead atoms. The van der Waals surface area contributed by atoms with Crippen LogP contribution in [-0.4, -0.2) is 61.3 Å². The minimum absolute atomic E-state index is 0.0604. The van der Waals surface area contributed by atoms with Crippen LogP contribution in [0.5, 0.6) is 0 Å². The lowest BCUT2D eigenvalue weighted by molar-refractivity contribution is 0.00585. The molecule has 12 heteroatoms. The molecule has 0 aliphatic heterocycles. The molecule has 274 valence electrons. The molecular formula is C42H37N3O9. The van der Waals surface area contributed by atoms with Crippen molar-refractivity contribution in [3.05, 3.63) is 152 Å². The molecule has 0 aliphatic rings. The van der Waals surface area contributed by atoms with Crippen LogP contribution in [0.4, 0.5) is 0 Å². The van der Waals surface area contributed by atoms with E-state index < -0.39 is 67.5 Å². The molecule has 2 N–H and O–H groups in total. The fraction of sp³-hybridized carbons (Fsp3) is 0.214. The highest BCUT2D eigenvalue weighted by Crippen LogP contribution is 2.31. The predicted molar refractivity (Wildman–Crippen MR) is 205 cm³/mol. The van der Waals surface area contributed by atoms with E-state index in [1.165, 1.54) is 0 Å². The Morgan fingerprint density at radius 1 is 0.537 bits per heavy atom. The molecule has 2 atom stereocenters. The van der Waals surface area contributed by atoms with Gasteiger partial charge in [-0.05, 0) is 61.6 Å². The van der Waals surface area contributed by atoms with Gasteiger partial charge in [-0.1, -0.05) is 104 Å². The number of carbonyl (C=O) groups excluding carboxylic acids is 2. The highest BCUT2D eigenvalue weighted by Gasteiger charge is 2.26. The molecule has 0 spiro atoms. The van der Waals surface area contributed by atoms with Crippen molar-refractivity contribution in [2.45, 2.75) is 45.2 Å². The molecule has 0 saturated heterocycles. The molecule has 1 heterocycles. The summed E-state index contributed by atoms with van der Waals surface area (Å²) in [6.07, 6.45) is -2.38. The van der Waals surface area contributed by atoms with E-state index >= 15 is 0 Å². The first-order valence-corrected chi connectivity index (χ1v) is 17.6. The normalized spacial score (nSPS) is 12.6. The monoisotopic (exact) mass is 727 g/mol. The van der Waals surface area contributed by atoms with E-state index in [2.05, 4.69) is 0 Å². The lowest BCUT2D eigenvalue weighted by Gasteiger charge is -2.21. The second-order valence-corrected chi connectivity index (χ2v) is 13.0. The van der Waals surface area contributed by atoms with Crippen LogP contribution in [0.3, 0.4) is 0 Å². The molecule has 1 aromatic heterocycles. The maximum Gasteiger partial charge on any atom is 0.339 e. The quantitative estimate of drug-likeness (QED) is 0.135. The van der Waals surface area contributed by atoms with Gasteiger partial charge in [0.15, 0.2) is 0 Å². The summed E-state index contributed by atoms with van der Waals surface area (Å²) in [5, 5.41) is 26.4. The Bertz CT molecular complexity index is 2460. The van der Waals surface area contributed by atoms with Gasteiger partial charge in [0, 0.05) is 6.54 Å². The molecule has 0 saturated carbocycles. The van der Waals surface area contributed by atoms with Gasteiger partial charge in [-0.2, -0.15) is 0 Å². The Kier molecular flexibility index (Phi) is 10.2. The molecule has 0 fully saturated rings. The zero-order valence-electron chi connectivity index (χ0n) is 29.4. The van der Waals surface area contributed by atoms with Crippen molar-refractivity contribution in [1.29, 1.82) is 0 Å². The average molecular weight is 728 g/mol. The number of rotatable bonds is 12. The van der Waals surface area contributed by atoms with Crippen molar-refractivity contribution in [3.8, 4) is 0 Å². The third-order valence-corrected chi connectivity index (χ3v) is 9.51. The van der Waals surface area contributed by atoms with Crippen LogP contribution in [0.2, 0.25) is 0 Å². The minimum Gasteiger partial charge on any atom is -0.454 e. The number of aliphatic hydroxyl groups is 2. The Labute approximate surface area is 307 Å². The van der Waals surface area contributed by atoms with Crippen LogP contribution in [0.1, 0.15) is 34.1 Å². The molecule has 2 unspecified atom stereocenters. The summed E-state index contributed by atoms with van der Waals surface area (Å²) in [7, 11) is 0. The van der Waals surface area contributed by atoms with E-state index in [0.29, 0.717) is 37.1 Å². The van der Waals surface area contributed by atoms with E-state index in [9.17, 15) is 34.2 Å². The van der Waals surface area contributed by atoms with Gasteiger partial charge in [-0.3, -0.25) is 0 Å². The van der Waals surface area contributed by atoms with Gasteiger partial charge in [0.2, 0.25) is 0 Å². The number of ether oxygens (including phenoxy) is 2. The summed E-state index contributed by atoms with van der Waals surface area (Å²) < 4.78 is 13.8. The summed E-state index contributed by atoms with van der Waals surface area (Å²) in [4.78, 5) is 68.9. The van der Waals surface area contributed by atoms with Gasteiger partial charge in [-0.25, -0.2) is 37.7 Å². The molecule has 0 amide bonds. The lowest BCUT2D eigenvalue weighted by Crippen LogP contribution is -2.57. The third-order valence-electron chi connectivity index (χ3n) is 9.51.